The number of rotatable bonds is 3. The SMILES string of the molecule is CCCN1C(=O)c2ccccc2C1c1ccc(C)cc1. The first-order valence-corrected chi connectivity index (χ1v) is 7.19. The molecule has 0 radical (unpaired) electrons. The summed E-state index contributed by atoms with van der Waals surface area (Å²) in [5.74, 6) is 0.160. The molecule has 20 heavy (non-hydrogen) atoms. The van der Waals surface area contributed by atoms with Gasteiger partial charge in [0.25, 0.3) is 5.91 Å². The summed E-state index contributed by atoms with van der Waals surface area (Å²) in [5.41, 5.74) is 4.43. The van der Waals surface area contributed by atoms with Gasteiger partial charge in [-0.3, -0.25) is 4.79 Å². The van der Waals surface area contributed by atoms with Crippen LogP contribution in [0, 0.1) is 6.92 Å². The van der Waals surface area contributed by atoms with E-state index in [9.17, 15) is 4.79 Å². The summed E-state index contributed by atoms with van der Waals surface area (Å²) in [7, 11) is 0. The standard InChI is InChI=1S/C18H19NO/c1-3-12-19-17(14-10-8-13(2)9-11-14)15-6-4-5-7-16(15)18(19)20/h4-11,17H,3,12H2,1-2H3. The molecule has 1 aliphatic heterocycles. The van der Waals surface area contributed by atoms with Gasteiger partial charge in [-0.05, 0) is 30.5 Å². The number of nitrogens with zero attached hydrogens (tertiary/aromatic N) is 1. The summed E-state index contributed by atoms with van der Waals surface area (Å²) in [4.78, 5) is 14.6. The van der Waals surface area contributed by atoms with Crippen molar-refractivity contribution in [3.05, 3.63) is 70.8 Å². The Labute approximate surface area is 120 Å². The largest absolute Gasteiger partial charge is 0.327 e. The molecule has 102 valence electrons. The first-order chi connectivity index (χ1) is 9.72. The Bertz CT molecular complexity index is 630. The van der Waals surface area contributed by atoms with Crippen molar-refractivity contribution in [3.63, 3.8) is 0 Å². The smallest absolute Gasteiger partial charge is 0.255 e. The maximum Gasteiger partial charge on any atom is 0.255 e. The lowest BCUT2D eigenvalue weighted by atomic mass is 9.97. The van der Waals surface area contributed by atoms with Gasteiger partial charge in [0.15, 0.2) is 0 Å². The van der Waals surface area contributed by atoms with E-state index in [-0.39, 0.29) is 11.9 Å². The van der Waals surface area contributed by atoms with Crippen molar-refractivity contribution in [1.82, 2.24) is 4.90 Å². The molecule has 2 aromatic carbocycles. The quantitative estimate of drug-likeness (QED) is 0.823. The summed E-state index contributed by atoms with van der Waals surface area (Å²) < 4.78 is 0. The Morgan fingerprint density at radius 3 is 2.45 bits per heavy atom. The molecular weight excluding hydrogens is 246 g/mol. The molecule has 0 spiro atoms. The zero-order valence-corrected chi connectivity index (χ0v) is 12.0. The van der Waals surface area contributed by atoms with Crippen LogP contribution in [0.4, 0.5) is 0 Å². The van der Waals surface area contributed by atoms with E-state index in [0.29, 0.717) is 0 Å². The predicted molar refractivity (Wildman–Crippen MR) is 80.8 cm³/mol. The zero-order chi connectivity index (χ0) is 14.1. The highest BCUT2D eigenvalue weighted by Crippen LogP contribution is 2.38. The van der Waals surface area contributed by atoms with E-state index < -0.39 is 0 Å². The van der Waals surface area contributed by atoms with Crippen LogP contribution in [0.3, 0.4) is 0 Å². The van der Waals surface area contributed by atoms with Crippen LogP contribution in [0.2, 0.25) is 0 Å². The van der Waals surface area contributed by atoms with Crippen molar-refractivity contribution in [2.45, 2.75) is 26.3 Å². The van der Waals surface area contributed by atoms with Gasteiger partial charge in [0, 0.05) is 12.1 Å². The number of hydrogen-bond donors (Lipinski definition) is 0. The van der Waals surface area contributed by atoms with Gasteiger partial charge in [-0.1, -0.05) is 55.0 Å². The topological polar surface area (TPSA) is 20.3 Å². The van der Waals surface area contributed by atoms with Gasteiger partial charge in [0.05, 0.1) is 6.04 Å². The molecule has 0 bridgehead atoms. The van der Waals surface area contributed by atoms with Crippen LogP contribution in [-0.2, 0) is 0 Å². The molecule has 2 heteroatoms. The molecule has 0 saturated carbocycles. The molecular formula is C18H19NO. The minimum absolute atomic E-state index is 0.0687. The van der Waals surface area contributed by atoms with E-state index in [1.807, 2.05) is 23.1 Å². The molecule has 1 heterocycles. The van der Waals surface area contributed by atoms with Gasteiger partial charge in [-0.15, -0.1) is 0 Å². The van der Waals surface area contributed by atoms with E-state index >= 15 is 0 Å². The first kappa shape index (κ1) is 12.9. The minimum atomic E-state index is 0.0687. The third-order valence-electron chi connectivity index (χ3n) is 3.92. The molecule has 0 fully saturated rings. The van der Waals surface area contributed by atoms with E-state index in [2.05, 4.69) is 44.2 Å². The van der Waals surface area contributed by atoms with Gasteiger partial charge in [-0.2, -0.15) is 0 Å². The molecule has 1 aliphatic rings. The number of benzene rings is 2. The fraction of sp³-hybridized carbons (Fsp3) is 0.278. The highest BCUT2D eigenvalue weighted by molar-refractivity contribution is 5.99. The van der Waals surface area contributed by atoms with Crippen LogP contribution in [0.15, 0.2) is 48.5 Å². The number of aryl methyl sites for hydroxylation is 1. The Kier molecular flexibility index (Phi) is 3.31. The summed E-state index contributed by atoms with van der Waals surface area (Å²) in [6, 6.07) is 16.5. The van der Waals surface area contributed by atoms with Crippen molar-refractivity contribution in [1.29, 1.82) is 0 Å². The average Bonchev–Trinajstić information content (AvgIpc) is 2.74. The fourth-order valence-electron chi connectivity index (χ4n) is 2.95. The molecule has 0 N–H and O–H groups in total. The lowest BCUT2D eigenvalue weighted by molar-refractivity contribution is 0.0750. The molecule has 0 aromatic heterocycles. The highest BCUT2D eigenvalue weighted by Gasteiger charge is 2.36. The van der Waals surface area contributed by atoms with E-state index in [4.69, 9.17) is 0 Å². The van der Waals surface area contributed by atoms with Crippen LogP contribution in [0.25, 0.3) is 0 Å². The monoisotopic (exact) mass is 265 g/mol. The maximum absolute atomic E-state index is 12.6. The summed E-state index contributed by atoms with van der Waals surface area (Å²) in [5, 5.41) is 0. The van der Waals surface area contributed by atoms with Gasteiger partial charge in [0.2, 0.25) is 0 Å². The van der Waals surface area contributed by atoms with Crippen molar-refractivity contribution in [2.24, 2.45) is 0 Å². The number of hydrogen-bond acceptors (Lipinski definition) is 1. The molecule has 1 amide bonds. The first-order valence-electron chi connectivity index (χ1n) is 7.19. The van der Waals surface area contributed by atoms with E-state index in [1.165, 1.54) is 11.1 Å². The van der Waals surface area contributed by atoms with Gasteiger partial charge < -0.3 is 4.90 Å². The molecule has 1 unspecified atom stereocenters. The zero-order valence-electron chi connectivity index (χ0n) is 12.0. The molecule has 3 rings (SSSR count). The maximum atomic E-state index is 12.6. The number of fused-ring (bicyclic) bond motifs is 1. The lowest BCUT2D eigenvalue weighted by Crippen LogP contribution is -2.29. The molecule has 2 nitrogen and oxygen atoms in total. The third-order valence-corrected chi connectivity index (χ3v) is 3.92. The molecule has 1 atom stereocenters. The van der Waals surface area contributed by atoms with Crippen molar-refractivity contribution >= 4 is 5.91 Å². The predicted octanol–water partition coefficient (Wildman–Crippen LogP) is 3.95. The molecule has 0 aliphatic carbocycles. The van der Waals surface area contributed by atoms with E-state index in [0.717, 1.165) is 24.1 Å². The third kappa shape index (κ3) is 2.01. The molecule has 0 saturated heterocycles. The van der Waals surface area contributed by atoms with Crippen molar-refractivity contribution < 1.29 is 4.79 Å². The summed E-state index contributed by atoms with van der Waals surface area (Å²) >= 11 is 0. The van der Waals surface area contributed by atoms with Crippen LogP contribution < -0.4 is 0 Å². The van der Waals surface area contributed by atoms with Crippen LogP contribution in [-0.4, -0.2) is 17.4 Å². The number of amides is 1. The van der Waals surface area contributed by atoms with Gasteiger partial charge in [0.1, 0.15) is 0 Å². The highest BCUT2D eigenvalue weighted by atomic mass is 16.2. The summed E-state index contributed by atoms with van der Waals surface area (Å²) in [6.07, 6.45) is 0.974. The Balaban J connectivity index is 2.10. The Morgan fingerprint density at radius 2 is 1.75 bits per heavy atom. The Morgan fingerprint density at radius 1 is 1.05 bits per heavy atom. The normalized spacial score (nSPS) is 17.4. The molecule has 2 aromatic rings. The second kappa shape index (κ2) is 5.12. The van der Waals surface area contributed by atoms with Gasteiger partial charge in [-0.25, -0.2) is 0 Å². The van der Waals surface area contributed by atoms with Crippen LogP contribution in [0.1, 0.15) is 46.4 Å². The summed E-state index contributed by atoms with van der Waals surface area (Å²) in [6.45, 7) is 5.00. The second-order valence-electron chi connectivity index (χ2n) is 5.40. The van der Waals surface area contributed by atoms with Crippen molar-refractivity contribution in [2.75, 3.05) is 6.54 Å². The number of carbonyl (C=O) groups is 1. The average molecular weight is 265 g/mol. The van der Waals surface area contributed by atoms with Crippen LogP contribution in [0.5, 0.6) is 0 Å². The van der Waals surface area contributed by atoms with Crippen LogP contribution >= 0.6 is 0 Å². The van der Waals surface area contributed by atoms with Gasteiger partial charge >= 0.3 is 0 Å². The van der Waals surface area contributed by atoms with E-state index in [1.54, 1.807) is 0 Å². The lowest BCUT2D eigenvalue weighted by Gasteiger charge is -2.25. The Hall–Kier alpha value is -2.09. The second-order valence-corrected chi connectivity index (χ2v) is 5.40. The fourth-order valence-corrected chi connectivity index (χ4v) is 2.95. The van der Waals surface area contributed by atoms with Crippen molar-refractivity contribution in [3.8, 4) is 0 Å². The number of carbonyl (C=O) groups excluding carboxylic acids is 1. The minimum Gasteiger partial charge on any atom is -0.327 e.